The molecule has 0 atom stereocenters. The number of rotatable bonds is 10. The molecule has 0 spiro atoms. The predicted molar refractivity (Wildman–Crippen MR) is 115 cm³/mol. The van der Waals surface area contributed by atoms with Crippen molar-refractivity contribution in [2.75, 3.05) is 39.2 Å². The number of carbonyl (C=O) groups is 1. The van der Waals surface area contributed by atoms with Crippen LogP contribution >= 0.6 is 11.6 Å². The standard InChI is InChI=1S/C20H25ClN2O6S/c1-5-23(6-2)30(25,26)19-11-14(21)7-9-18(19)29-13-20(24)22-16-12-15(27-3)8-10-17(16)28-4/h7-12H,5-6,13H2,1-4H3,(H,22,24). The number of hydrogen-bond donors (Lipinski definition) is 1. The molecule has 1 N–H and O–H groups in total. The third-order valence-corrected chi connectivity index (χ3v) is 6.57. The maximum Gasteiger partial charge on any atom is 0.262 e. The number of sulfonamides is 1. The summed E-state index contributed by atoms with van der Waals surface area (Å²) in [6, 6.07) is 9.20. The van der Waals surface area contributed by atoms with Gasteiger partial charge in [0.25, 0.3) is 5.91 Å². The van der Waals surface area contributed by atoms with Crippen LogP contribution in [0.1, 0.15) is 13.8 Å². The van der Waals surface area contributed by atoms with Gasteiger partial charge in [0.15, 0.2) is 6.61 Å². The van der Waals surface area contributed by atoms with Gasteiger partial charge < -0.3 is 19.5 Å². The van der Waals surface area contributed by atoms with Crippen molar-refractivity contribution in [1.29, 1.82) is 0 Å². The number of nitrogens with one attached hydrogen (secondary N) is 1. The first kappa shape index (κ1) is 23.8. The van der Waals surface area contributed by atoms with Gasteiger partial charge in [-0.15, -0.1) is 0 Å². The van der Waals surface area contributed by atoms with Crippen LogP contribution in [0.25, 0.3) is 0 Å². The molecular formula is C20H25ClN2O6S. The summed E-state index contributed by atoms with van der Waals surface area (Å²) in [6.07, 6.45) is 0. The van der Waals surface area contributed by atoms with Crippen molar-refractivity contribution >= 4 is 33.2 Å². The molecule has 0 radical (unpaired) electrons. The van der Waals surface area contributed by atoms with Crippen LogP contribution in [-0.2, 0) is 14.8 Å². The third kappa shape index (κ3) is 5.56. The smallest absolute Gasteiger partial charge is 0.262 e. The fourth-order valence-corrected chi connectivity index (χ4v) is 4.60. The maximum atomic E-state index is 12.9. The third-order valence-electron chi connectivity index (χ3n) is 4.27. The lowest BCUT2D eigenvalue weighted by Crippen LogP contribution is -2.31. The molecule has 0 unspecified atom stereocenters. The molecule has 0 aromatic heterocycles. The van der Waals surface area contributed by atoms with E-state index >= 15 is 0 Å². The molecule has 0 heterocycles. The molecule has 0 aliphatic heterocycles. The van der Waals surface area contributed by atoms with E-state index < -0.39 is 22.5 Å². The monoisotopic (exact) mass is 456 g/mol. The van der Waals surface area contributed by atoms with E-state index in [1.165, 1.54) is 36.7 Å². The van der Waals surface area contributed by atoms with Gasteiger partial charge in [0, 0.05) is 24.2 Å². The number of halogens is 1. The van der Waals surface area contributed by atoms with Crippen LogP contribution in [0, 0.1) is 0 Å². The number of ether oxygens (including phenoxy) is 3. The van der Waals surface area contributed by atoms with Gasteiger partial charge in [0.2, 0.25) is 10.0 Å². The van der Waals surface area contributed by atoms with E-state index in [-0.39, 0.29) is 15.7 Å². The molecule has 0 aliphatic rings. The summed E-state index contributed by atoms with van der Waals surface area (Å²) in [5, 5.41) is 2.91. The lowest BCUT2D eigenvalue weighted by atomic mass is 10.2. The van der Waals surface area contributed by atoms with Gasteiger partial charge in [-0.25, -0.2) is 8.42 Å². The highest BCUT2D eigenvalue weighted by Crippen LogP contribution is 2.31. The van der Waals surface area contributed by atoms with E-state index in [9.17, 15) is 13.2 Å². The van der Waals surface area contributed by atoms with E-state index in [1.807, 2.05) is 0 Å². The SMILES string of the molecule is CCN(CC)S(=O)(=O)c1cc(Cl)ccc1OCC(=O)Nc1cc(OC)ccc1OC. The Balaban J connectivity index is 2.21. The normalized spacial score (nSPS) is 11.3. The molecule has 10 heteroatoms. The average Bonchev–Trinajstić information content (AvgIpc) is 2.73. The number of anilines is 1. The summed E-state index contributed by atoms with van der Waals surface area (Å²) in [4.78, 5) is 12.3. The molecule has 1 amide bonds. The minimum Gasteiger partial charge on any atom is -0.497 e. The van der Waals surface area contributed by atoms with Crippen molar-refractivity contribution in [3.8, 4) is 17.2 Å². The maximum absolute atomic E-state index is 12.9. The first-order valence-electron chi connectivity index (χ1n) is 9.21. The zero-order valence-electron chi connectivity index (χ0n) is 17.3. The zero-order chi connectivity index (χ0) is 22.3. The van der Waals surface area contributed by atoms with Crippen LogP contribution in [-0.4, -0.2) is 52.5 Å². The van der Waals surface area contributed by atoms with Crippen LogP contribution in [0.2, 0.25) is 5.02 Å². The van der Waals surface area contributed by atoms with Crippen LogP contribution in [0.3, 0.4) is 0 Å². The van der Waals surface area contributed by atoms with Gasteiger partial charge in [0.1, 0.15) is 22.1 Å². The summed E-state index contributed by atoms with van der Waals surface area (Å²) in [6.45, 7) is 3.65. The predicted octanol–water partition coefficient (Wildman–Crippen LogP) is 3.41. The van der Waals surface area contributed by atoms with Crippen molar-refractivity contribution in [2.24, 2.45) is 0 Å². The van der Waals surface area contributed by atoms with Gasteiger partial charge in [0.05, 0.1) is 19.9 Å². The zero-order valence-corrected chi connectivity index (χ0v) is 18.8. The number of nitrogens with zero attached hydrogens (tertiary/aromatic N) is 1. The molecule has 8 nitrogen and oxygen atoms in total. The Hall–Kier alpha value is -2.49. The first-order chi connectivity index (χ1) is 14.3. The molecule has 0 aliphatic carbocycles. The fourth-order valence-electron chi connectivity index (χ4n) is 2.75. The van der Waals surface area contributed by atoms with Crippen LogP contribution in [0.4, 0.5) is 5.69 Å². The van der Waals surface area contributed by atoms with E-state index in [4.69, 9.17) is 25.8 Å². The average molecular weight is 457 g/mol. The van der Waals surface area contributed by atoms with Crippen LogP contribution < -0.4 is 19.5 Å². The largest absolute Gasteiger partial charge is 0.497 e. The van der Waals surface area contributed by atoms with E-state index in [0.717, 1.165) is 0 Å². The Morgan fingerprint density at radius 1 is 1.03 bits per heavy atom. The number of benzene rings is 2. The highest BCUT2D eigenvalue weighted by atomic mass is 35.5. The van der Waals surface area contributed by atoms with Crippen molar-refractivity contribution in [3.63, 3.8) is 0 Å². The lowest BCUT2D eigenvalue weighted by Gasteiger charge is -2.20. The lowest BCUT2D eigenvalue weighted by molar-refractivity contribution is -0.118. The molecule has 164 valence electrons. The second-order valence-electron chi connectivity index (χ2n) is 6.08. The Morgan fingerprint density at radius 3 is 2.30 bits per heavy atom. The molecule has 30 heavy (non-hydrogen) atoms. The van der Waals surface area contributed by atoms with Crippen LogP contribution in [0.15, 0.2) is 41.3 Å². The first-order valence-corrected chi connectivity index (χ1v) is 11.0. The molecular weight excluding hydrogens is 432 g/mol. The molecule has 0 saturated carbocycles. The summed E-state index contributed by atoms with van der Waals surface area (Å²) in [7, 11) is -0.838. The van der Waals surface area contributed by atoms with Crippen molar-refractivity contribution in [1.82, 2.24) is 4.31 Å². The van der Waals surface area contributed by atoms with Gasteiger partial charge >= 0.3 is 0 Å². The quantitative estimate of drug-likeness (QED) is 0.588. The second kappa shape index (κ2) is 10.5. The minimum atomic E-state index is -3.83. The second-order valence-corrected chi connectivity index (χ2v) is 8.43. The van der Waals surface area contributed by atoms with Gasteiger partial charge in [-0.3, -0.25) is 4.79 Å². The van der Waals surface area contributed by atoms with Gasteiger partial charge in [-0.2, -0.15) is 4.31 Å². The Bertz CT molecular complexity index is 993. The van der Waals surface area contributed by atoms with E-state index in [0.29, 0.717) is 30.3 Å². The van der Waals surface area contributed by atoms with Gasteiger partial charge in [-0.05, 0) is 30.3 Å². The highest BCUT2D eigenvalue weighted by Gasteiger charge is 2.26. The number of carbonyl (C=O) groups excluding carboxylic acids is 1. The highest BCUT2D eigenvalue weighted by molar-refractivity contribution is 7.89. The van der Waals surface area contributed by atoms with E-state index in [1.54, 1.807) is 32.0 Å². The fraction of sp³-hybridized carbons (Fsp3) is 0.350. The van der Waals surface area contributed by atoms with Crippen molar-refractivity contribution in [2.45, 2.75) is 18.7 Å². The Kier molecular flexibility index (Phi) is 8.33. The summed E-state index contributed by atoms with van der Waals surface area (Å²) < 4.78 is 43.0. The van der Waals surface area contributed by atoms with Crippen molar-refractivity contribution < 1.29 is 27.4 Å². The molecule has 0 bridgehead atoms. The molecule has 0 saturated heterocycles. The summed E-state index contributed by atoms with van der Waals surface area (Å²) >= 11 is 6.00. The van der Waals surface area contributed by atoms with Crippen molar-refractivity contribution in [3.05, 3.63) is 41.4 Å². The Morgan fingerprint density at radius 2 is 1.70 bits per heavy atom. The summed E-state index contributed by atoms with van der Waals surface area (Å²) in [5.41, 5.74) is 0.401. The van der Waals surface area contributed by atoms with Crippen LogP contribution in [0.5, 0.6) is 17.2 Å². The Labute approximate surface area is 181 Å². The minimum absolute atomic E-state index is 0.0408. The number of hydrogen-bond acceptors (Lipinski definition) is 6. The molecule has 2 aromatic carbocycles. The topological polar surface area (TPSA) is 94.2 Å². The molecule has 0 fully saturated rings. The molecule has 2 aromatic rings. The number of amides is 1. The summed E-state index contributed by atoms with van der Waals surface area (Å²) in [5.74, 6) is 0.527. The van der Waals surface area contributed by atoms with Gasteiger partial charge in [-0.1, -0.05) is 25.4 Å². The molecule has 2 rings (SSSR count). The number of methoxy groups -OCH3 is 2. The van der Waals surface area contributed by atoms with E-state index in [2.05, 4.69) is 5.32 Å².